The van der Waals surface area contributed by atoms with E-state index in [0.29, 0.717) is 29.5 Å². The average Bonchev–Trinajstić information content (AvgIpc) is 3.29. The number of nitrogens with zero attached hydrogens (tertiary/aromatic N) is 2. The highest BCUT2D eigenvalue weighted by Crippen LogP contribution is 2.48. The second-order valence-electron chi connectivity index (χ2n) is 9.62. The Kier molecular flexibility index (Phi) is 5.31. The Morgan fingerprint density at radius 2 is 1.84 bits per heavy atom. The van der Waals surface area contributed by atoms with Gasteiger partial charge in [-0.25, -0.2) is 9.59 Å². The topological polar surface area (TPSA) is 109 Å². The Labute approximate surface area is 187 Å². The maximum absolute atomic E-state index is 13.3. The molecule has 0 radical (unpaired) electrons. The molecule has 170 valence electrons. The van der Waals surface area contributed by atoms with Gasteiger partial charge in [0.1, 0.15) is 6.04 Å². The predicted molar refractivity (Wildman–Crippen MR) is 122 cm³/mol. The van der Waals surface area contributed by atoms with Crippen molar-refractivity contribution >= 4 is 34.6 Å². The zero-order valence-electron chi connectivity index (χ0n) is 18.4. The van der Waals surface area contributed by atoms with E-state index in [4.69, 9.17) is 5.73 Å². The molecule has 2 saturated carbocycles. The highest BCUT2D eigenvalue weighted by atomic mass is 16.2. The molecule has 1 aromatic heterocycles. The van der Waals surface area contributed by atoms with Crippen molar-refractivity contribution in [2.24, 2.45) is 17.6 Å². The number of amides is 4. The molecule has 1 saturated heterocycles. The molecule has 1 aromatic carbocycles. The van der Waals surface area contributed by atoms with Gasteiger partial charge < -0.3 is 21.3 Å². The van der Waals surface area contributed by atoms with Crippen molar-refractivity contribution in [3.05, 3.63) is 30.5 Å². The molecule has 3 aliphatic rings. The third-order valence-corrected chi connectivity index (χ3v) is 7.56. The summed E-state index contributed by atoms with van der Waals surface area (Å²) in [7, 11) is 0. The van der Waals surface area contributed by atoms with Gasteiger partial charge >= 0.3 is 12.1 Å². The number of carbonyl (C=O) groups is 3. The molecule has 8 heteroatoms. The smallest absolute Gasteiger partial charge is 0.323 e. The molecule has 0 unspecified atom stereocenters. The first-order valence-electron chi connectivity index (χ1n) is 11.7. The molecule has 2 aliphatic carbocycles. The fraction of sp³-hybridized carbons (Fsp3) is 0.542. The second kappa shape index (κ2) is 8.15. The summed E-state index contributed by atoms with van der Waals surface area (Å²) in [5.74, 6) is 0.865. The molecule has 4 N–H and O–H groups in total. The minimum absolute atomic E-state index is 0.0509. The van der Waals surface area contributed by atoms with Crippen LogP contribution in [0, 0.1) is 11.8 Å². The SMILES string of the molecule is C[C@@H](NC(=O)[C@@H]1C[C@H]2C[C@H]2N1C(=O)Nc1cn(C(N)=O)c2ccccc12)C1CCCCC1. The number of carbonyl (C=O) groups excluding carboxylic acids is 3. The quantitative estimate of drug-likeness (QED) is 0.679. The number of likely N-dealkylation sites (tertiary alicyclic amines) is 1. The lowest BCUT2D eigenvalue weighted by Crippen LogP contribution is -2.52. The largest absolute Gasteiger partial charge is 0.352 e. The van der Waals surface area contributed by atoms with E-state index in [1.165, 1.54) is 23.8 Å². The Morgan fingerprint density at radius 3 is 2.59 bits per heavy atom. The number of rotatable bonds is 4. The number of fused-ring (bicyclic) bond motifs is 2. The van der Waals surface area contributed by atoms with E-state index in [2.05, 4.69) is 17.6 Å². The third-order valence-electron chi connectivity index (χ3n) is 7.56. The summed E-state index contributed by atoms with van der Waals surface area (Å²) in [6.45, 7) is 2.09. The molecule has 5 rings (SSSR count). The average molecular weight is 438 g/mol. The van der Waals surface area contributed by atoms with Crippen LogP contribution in [0.15, 0.2) is 30.5 Å². The van der Waals surface area contributed by atoms with Gasteiger partial charge in [0.2, 0.25) is 5.91 Å². The van der Waals surface area contributed by atoms with E-state index in [9.17, 15) is 14.4 Å². The number of piperidine rings is 1. The summed E-state index contributed by atoms with van der Waals surface area (Å²) < 4.78 is 1.32. The van der Waals surface area contributed by atoms with Crippen molar-refractivity contribution in [3.8, 4) is 0 Å². The number of hydrogen-bond acceptors (Lipinski definition) is 3. The van der Waals surface area contributed by atoms with Gasteiger partial charge in [-0.1, -0.05) is 37.5 Å². The van der Waals surface area contributed by atoms with Crippen molar-refractivity contribution in [1.82, 2.24) is 14.8 Å². The van der Waals surface area contributed by atoms with Gasteiger partial charge in [0, 0.05) is 23.7 Å². The molecule has 8 nitrogen and oxygen atoms in total. The highest BCUT2D eigenvalue weighted by molar-refractivity contribution is 6.05. The molecule has 4 atom stereocenters. The molecule has 4 amide bonds. The van der Waals surface area contributed by atoms with E-state index in [1.807, 2.05) is 18.2 Å². The van der Waals surface area contributed by atoms with Gasteiger partial charge in [-0.3, -0.25) is 9.36 Å². The van der Waals surface area contributed by atoms with Crippen LogP contribution in [0.2, 0.25) is 0 Å². The van der Waals surface area contributed by atoms with E-state index >= 15 is 0 Å². The van der Waals surface area contributed by atoms with E-state index in [0.717, 1.165) is 24.6 Å². The third kappa shape index (κ3) is 3.72. The summed E-state index contributed by atoms with van der Waals surface area (Å²) in [4.78, 5) is 40.0. The molecule has 0 bridgehead atoms. The van der Waals surface area contributed by atoms with Gasteiger partial charge in [-0.05, 0) is 50.5 Å². The van der Waals surface area contributed by atoms with Crippen LogP contribution in [-0.4, -0.2) is 45.6 Å². The van der Waals surface area contributed by atoms with Crippen molar-refractivity contribution in [2.45, 2.75) is 70.0 Å². The van der Waals surface area contributed by atoms with E-state index in [-0.39, 0.29) is 24.0 Å². The fourth-order valence-corrected chi connectivity index (χ4v) is 5.70. The zero-order valence-corrected chi connectivity index (χ0v) is 18.4. The van der Waals surface area contributed by atoms with Crippen LogP contribution in [0.25, 0.3) is 10.9 Å². The maximum Gasteiger partial charge on any atom is 0.323 e. The van der Waals surface area contributed by atoms with Crippen LogP contribution >= 0.6 is 0 Å². The van der Waals surface area contributed by atoms with Crippen molar-refractivity contribution in [3.63, 3.8) is 0 Å². The van der Waals surface area contributed by atoms with Crippen LogP contribution in [0.4, 0.5) is 15.3 Å². The molecule has 3 fully saturated rings. The van der Waals surface area contributed by atoms with Crippen molar-refractivity contribution in [1.29, 1.82) is 0 Å². The first kappa shape index (κ1) is 20.8. The monoisotopic (exact) mass is 437 g/mol. The minimum atomic E-state index is -0.612. The van der Waals surface area contributed by atoms with Crippen LogP contribution in [0.5, 0.6) is 0 Å². The molecular weight excluding hydrogens is 406 g/mol. The summed E-state index contributed by atoms with van der Waals surface area (Å²) in [6, 6.07) is 6.16. The Morgan fingerprint density at radius 1 is 1.09 bits per heavy atom. The number of primary amides is 1. The number of hydrogen-bond donors (Lipinski definition) is 3. The van der Waals surface area contributed by atoms with E-state index in [1.54, 1.807) is 17.2 Å². The molecular formula is C24H31N5O3. The lowest BCUT2D eigenvalue weighted by molar-refractivity contribution is -0.126. The number of nitrogens with one attached hydrogen (secondary N) is 2. The molecule has 1 aliphatic heterocycles. The van der Waals surface area contributed by atoms with Gasteiger partial charge in [0.05, 0.1) is 11.2 Å². The molecule has 2 heterocycles. The standard InChI is InChI=1S/C24H31N5O3/c1-14(15-7-3-2-4-8-15)26-22(30)21-12-16-11-20(16)29(21)24(32)27-18-13-28(23(25)31)19-10-6-5-9-17(18)19/h5-6,9-10,13-16,20-21H,2-4,7-8,11-12H2,1H3,(H2,25,31)(H,26,30)(H,27,32)/t14-,16-,20-,21+/m1/s1. The zero-order chi connectivity index (χ0) is 22.4. The lowest BCUT2D eigenvalue weighted by atomic mass is 9.84. The summed E-state index contributed by atoms with van der Waals surface area (Å²) in [5, 5.41) is 6.88. The summed E-state index contributed by atoms with van der Waals surface area (Å²) in [6.07, 6.45) is 9.26. The van der Waals surface area contributed by atoms with Gasteiger partial charge in [-0.15, -0.1) is 0 Å². The maximum atomic E-state index is 13.3. The normalized spacial score (nSPS) is 25.9. The van der Waals surface area contributed by atoms with Crippen LogP contribution in [0.1, 0.15) is 51.9 Å². The number of nitrogens with two attached hydrogens (primary N) is 1. The number of urea groups is 1. The molecule has 2 aromatic rings. The fourth-order valence-electron chi connectivity index (χ4n) is 5.70. The van der Waals surface area contributed by atoms with Gasteiger partial charge in [0.25, 0.3) is 0 Å². The number of para-hydroxylation sites is 1. The second-order valence-corrected chi connectivity index (χ2v) is 9.62. The lowest BCUT2D eigenvalue weighted by Gasteiger charge is -2.32. The van der Waals surface area contributed by atoms with Gasteiger partial charge in [0.15, 0.2) is 0 Å². The van der Waals surface area contributed by atoms with Crippen LogP contribution in [-0.2, 0) is 4.79 Å². The predicted octanol–water partition coefficient (Wildman–Crippen LogP) is 3.65. The van der Waals surface area contributed by atoms with Crippen LogP contribution in [0.3, 0.4) is 0 Å². The van der Waals surface area contributed by atoms with Crippen molar-refractivity contribution in [2.75, 3.05) is 5.32 Å². The molecule has 0 spiro atoms. The Bertz CT molecular complexity index is 1060. The summed E-state index contributed by atoms with van der Waals surface area (Å²) in [5.41, 5.74) is 6.65. The Hall–Kier alpha value is -3.03. The molecule has 32 heavy (non-hydrogen) atoms. The number of benzene rings is 1. The summed E-state index contributed by atoms with van der Waals surface area (Å²) >= 11 is 0. The highest BCUT2D eigenvalue weighted by Gasteiger charge is 2.56. The van der Waals surface area contributed by atoms with Gasteiger partial charge in [-0.2, -0.15) is 0 Å². The minimum Gasteiger partial charge on any atom is -0.352 e. The Balaban J connectivity index is 1.31. The number of anilines is 1. The first-order valence-corrected chi connectivity index (χ1v) is 11.7. The van der Waals surface area contributed by atoms with Crippen molar-refractivity contribution < 1.29 is 14.4 Å². The first-order chi connectivity index (χ1) is 15.4. The van der Waals surface area contributed by atoms with Crippen LogP contribution < -0.4 is 16.4 Å². The van der Waals surface area contributed by atoms with E-state index < -0.39 is 12.1 Å². The number of aromatic nitrogens is 1.